The lowest BCUT2D eigenvalue weighted by atomic mass is 10.3. The van der Waals surface area contributed by atoms with E-state index in [0.29, 0.717) is 18.8 Å². The van der Waals surface area contributed by atoms with Crippen molar-refractivity contribution in [1.82, 2.24) is 20.2 Å². The van der Waals surface area contributed by atoms with Crippen LogP contribution < -0.4 is 10.6 Å². The number of nitrogens with zero attached hydrogens (tertiary/aromatic N) is 2. The molecule has 0 spiro atoms. The van der Waals surface area contributed by atoms with Gasteiger partial charge in [0.2, 0.25) is 5.91 Å². The van der Waals surface area contributed by atoms with Crippen LogP contribution in [-0.4, -0.2) is 48.2 Å². The third-order valence-corrected chi connectivity index (χ3v) is 2.94. The molecule has 0 fully saturated rings. The Hall–Kier alpha value is -2.67. The number of para-hydroxylation sites is 1. The predicted molar refractivity (Wildman–Crippen MR) is 80.8 cm³/mol. The average molecular weight is 302 g/mol. The number of nitrogens with one attached hydrogen (secondary N) is 2. The molecule has 7 heteroatoms. The third kappa shape index (κ3) is 4.16. The van der Waals surface area contributed by atoms with Crippen LogP contribution >= 0.6 is 0 Å². The molecule has 0 bridgehead atoms. The van der Waals surface area contributed by atoms with Crippen LogP contribution in [-0.2, 0) is 9.53 Å². The van der Waals surface area contributed by atoms with Crippen molar-refractivity contribution < 1.29 is 14.3 Å². The maximum atomic E-state index is 12.2. The number of methoxy groups -OCH3 is 1. The Morgan fingerprint density at radius 3 is 2.73 bits per heavy atom. The van der Waals surface area contributed by atoms with Gasteiger partial charge >= 0.3 is 0 Å². The van der Waals surface area contributed by atoms with Crippen LogP contribution in [0.3, 0.4) is 0 Å². The molecule has 0 aliphatic carbocycles. The lowest BCUT2D eigenvalue weighted by Crippen LogP contribution is -2.38. The molecule has 1 heterocycles. The molecule has 2 amide bonds. The highest BCUT2D eigenvalue weighted by atomic mass is 16.5. The maximum absolute atomic E-state index is 12.2. The highest BCUT2D eigenvalue weighted by Crippen LogP contribution is 2.10. The van der Waals surface area contributed by atoms with Crippen LogP contribution in [0.4, 0.5) is 0 Å². The van der Waals surface area contributed by atoms with Crippen molar-refractivity contribution in [3.8, 4) is 5.69 Å². The topological polar surface area (TPSA) is 85.2 Å². The van der Waals surface area contributed by atoms with Crippen LogP contribution in [0, 0.1) is 0 Å². The molecule has 0 aliphatic rings. The van der Waals surface area contributed by atoms with E-state index in [1.807, 2.05) is 30.3 Å². The Bertz CT molecular complexity index is 625. The van der Waals surface area contributed by atoms with Gasteiger partial charge in [-0.25, -0.2) is 4.98 Å². The number of amides is 2. The number of imidazole rings is 1. The number of aromatic nitrogens is 2. The Labute approximate surface area is 128 Å². The van der Waals surface area contributed by atoms with Crippen molar-refractivity contribution in [2.75, 3.05) is 26.8 Å². The fourth-order valence-corrected chi connectivity index (χ4v) is 1.86. The lowest BCUT2D eigenvalue weighted by Gasteiger charge is -2.09. The summed E-state index contributed by atoms with van der Waals surface area (Å²) in [6, 6.07) is 9.39. The van der Waals surface area contributed by atoms with E-state index >= 15 is 0 Å². The van der Waals surface area contributed by atoms with E-state index in [-0.39, 0.29) is 18.4 Å². The number of ether oxygens (including phenoxy) is 1. The Balaban J connectivity index is 1.94. The first kappa shape index (κ1) is 15.7. The molecule has 0 radical (unpaired) electrons. The summed E-state index contributed by atoms with van der Waals surface area (Å²) in [5.74, 6) is -0.626. The smallest absolute Gasteiger partial charge is 0.270 e. The first-order chi connectivity index (χ1) is 10.7. The molecule has 2 aromatic rings. The molecule has 0 saturated carbocycles. The van der Waals surface area contributed by atoms with Gasteiger partial charge in [0.15, 0.2) is 0 Å². The van der Waals surface area contributed by atoms with Gasteiger partial charge in [-0.2, -0.15) is 0 Å². The summed E-state index contributed by atoms with van der Waals surface area (Å²) in [5.41, 5.74) is 1.20. The van der Waals surface area contributed by atoms with Crippen LogP contribution in [0.1, 0.15) is 10.5 Å². The summed E-state index contributed by atoms with van der Waals surface area (Å²) in [5, 5.41) is 5.20. The van der Waals surface area contributed by atoms with Crippen LogP contribution in [0.5, 0.6) is 0 Å². The van der Waals surface area contributed by atoms with Gasteiger partial charge in [-0.15, -0.1) is 0 Å². The van der Waals surface area contributed by atoms with Crippen molar-refractivity contribution in [2.24, 2.45) is 0 Å². The summed E-state index contributed by atoms with van der Waals surface area (Å²) in [6.07, 6.45) is 3.02. The molecule has 2 rings (SSSR count). The van der Waals surface area contributed by atoms with Gasteiger partial charge in [0.25, 0.3) is 5.91 Å². The third-order valence-electron chi connectivity index (χ3n) is 2.94. The fourth-order valence-electron chi connectivity index (χ4n) is 1.86. The predicted octanol–water partition coefficient (Wildman–Crippen LogP) is 0.365. The van der Waals surface area contributed by atoms with Gasteiger partial charge < -0.3 is 15.4 Å². The number of benzene rings is 1. The van der Waals surface area contributed by atoms with Crippen LogP contribution in [0.15, 0.2) is 42.9 Å². The minimum absolute atomic E-state index is 0.0947. The fraction of sp³-hybridized carbons (Fsp3) is 0.267. The first-order valence-electron chi connectivity index (χ1n) is 6.84. The second-order valence-electron chi connectivity index (χ2n) is 4.51. The van der Waals surface area contributed by atoms with Gasteiger partial charge in [0.05, 0.1) is 25.7 Å². The minimum Gasteiger partial charge on any atom is -0.383 e. The summed E-state index contributed by atoms with van der Waals surface area (Å²) in [7, 11) is 1.55. The van der Waals surface area contributed by atoms with E-state index in [2.05, 4.69) is 15.6 Å². The molecular weight excluding hydrogens is 284 g/mol. The van der Waals surface area contributed by atoms with E-state index in [1.165, 1.54) is 6.20 Å². The highest BCUT2D eigenvalue weighted by Gasteiger charge is 2.13. The summed E-state index contributed by atoms with van der Waals surface area (Å²) in [4.78, 5) is 27.7. The average Bonchev–Trinajstić information content (AvgIpc) is 3.03. The molecule has 1 aromatic carbocycles. The van der Waals surface area contributed by atoms with E-state index in [1.54, 1.807) is 18.0 Å². The molecule has 1 aromatic heterocycles. The zero-order valence-electron chi connectivity index (χ0n) is 12.3. The van der Waals surface area contributed by atoms with Crippen LogP contribution in [0.2, 0.25) is 0 Å². The van der Waals surface area contributed by atoms with E-state index in [9.17, 15) is 9.59 Å². The normalized spacial score (nSPS) is 10.2. The standard InChI is InChI=1S/C15H18N4O3/c1-22-8-7-17-14(20)10-18-15(21)13-9-16-11-19(13)12-5-3-2-4-6-12/h2-6,9,11H,7-8,10H2,1H3,(H,17,20)(H,18,21). The second-order valence-corrected chi connectivity index (χ2v) is 4.51. The highest BCUT2D eigenvalue weighted by molar-refractivity contribution is 5.95. The van der Waals surface area contributed by atoms with Crippen LogP contribution in [0.25, 0.3) is 5.69 Å². The number of carbonyl (C=O) groups is 2. The summed E-state index contributed by atoms with van der Waals surface area (Å²) >= 11 is 0. The Kier molecular flexibility index (Phi) is 5.67. The molecule has 22 heavy (non-hydrogen) atoms. The number of rotatable bonds is 7. The molecule has 0 aliphatic heterocycles. The second kappa shape index (κ2) is 7.94. The van der Waals surface area contributed by atoms with Crippen molar-refractivity contribution in [1.29, 1.82) is 0 Å². The van der Waals surface area contributed by atoms with Gasteiger partial charge in [-0.05, 0) is 12.1 Å². The summed E-state index contributed by atoms with van der Waals surface area (Å²) in [6.45, 7) is 0.746. The van der Waals surface area contributed by atoms with Crippen molar-refractivity contribution in [3.05, 3.63) is 48.5 Å². The number of hydrogen-bond donors (Lipinski definition) is 2. The van der Waals surface area contributed by atoms with Gasteiger partial charge in [0.1, 0.15) is 5.69 Å². The molecule has 0 saturated heterocycles. The van der Waals surface area contributed by atoms with Gasteiger partial charge in [0, 0.05) is 19.3 Å². The zero-order valence-corrected chi connectivity index (χ0v) is 12.3. The largest absolute Gasteiger partial charge is 0.383 e. The van der Waals surface area contributed by atoms with E-state index in [0.717, 1.165) is 5.69 Å². The first-order valence-corrected chi connectivity index (χ1v) is 6.84. The molecule has 7 nitrogen and oxygen atoms in total. The molecule has 2 N–H and O–H groups in total. The number of hydrogen-bond acceptors (Lipinski definition) is 4. The monoisotopic (exact) mass is 302 g/mol. The maximum Gasteiger partial charge on any atom is 0.270 e. The lowest BCUT2D eigenvalue weighted by molar-refractivity contribution is -0.120. The minimum atomic E-state index is -0.358. The zero-order chi connectivity index (χ0) is 15.8. The van der Waals surface area contributed by atoms with E-state index < -0.39 is 0 Å². The van der Waals surface area contributed by atoms with Crippen molar-refractivity contribution in [2.45, 2.75) is 0 Å². The van der Waals surface area contributed by atoms with Gasteiger partial charge in [-0.1, -0.05) is 18.2 Å². The summed E-state index contributed by atoms with van der Waals surface area (Å²) < 4.78 is 6.49. The van der Waals surface area contributed by atoms with Crippen molar-refractivity contribution >= 4 is 11.8 Å². The Morgan fingerprint density at radius 2 is 2.00 bits per heavy atom. The molecular formula is C15H18N4O3. The molecule has 0 unspecified atom stereocenters. The van der Waals surface area contributed by atoms with Crippen molar-refractivity contribution in [3.63, 3.8) is 0 Å². The quantitative estimate of drug-likeness (QED) is 0.723. The molecule has 0 atom stereocenters. The van der Waals surface area contributed by atoms with Gasteiger partial charge in [-0.3, -0.25) is 14.2 Å². The van der Waals surface area contributed by atoms with E-state index in [4.69, 9.17) is 4.74 Å². The SMILES string of the molecule is COCCNC(=O)CNC(=O)c1cncn1-c1ccccc1. The Morgan fingerprint density at radius 1 is 1.23 bits per heavy atom. The number of carbonyl (C=O) groups excluding carboxylic acids is 2. The molecule has 116 valence electrons.